The van der Waals surface area contributed by atoms with Crippen LogP contribution in [0.5, 0.6) is 5.75 Å². The third kappa shape index (κ3) is 2.87. The second-order valence-corrected chi connectivity index (χ2v) is 6.46. The Balaban J connectivity index is 1.47. The third-order valence-electron chi connectivity index (χ3n) is 4.88. The molecule has 0 saturated carbocycles. The third-order valence-corrected chi connectivity index (χ3v) is 4.88. The first-order valence-corrected chi connectivity index (χ1v) is 8.43. The Bertz CT molecular complexity index is 839. The zero-order valence-corrected chi connectivity index (χ0v) is 14.4. The van der Waals surface area contributed by atoms with Crippen molar-refractivity contribution in [2.75, 3.05) is 26.8 Å². The lowest BCUT2D eigenvalue weighted by Gasteiger charge is -2.36. The van der Waals surface area contributed by atoms with E-state index in [9.17, 15) is 9.59 Å². The number of piperidine rings is 1. The number of para-hydroxylation sites is 2. The van der Waals surface area contributed by atoms with E-state index in [2.05, 4.69) is 5.10 Å². The van der Waals surface area contributed by atoms with Crippen molar-refractivity contribution in [3.8, 4) is 11.4 Å². The van der Waals surface area contributed by atoms with Gasteiger partial charge < -0.3 is 19.1 Å². The minimum absolute atomic E-state index is 0.0914. The van der Waals surface area contributed by atoms with Crippen LogP contribution in [0.2, 0.25) is 0 Å². The summed E-state index contributed by atoms with van der Waals surface area (Å²) < 4.78 is 17.2. The number of amides is 1. The maximum Gasteiger partial charge on any atom is 0.509 e. The summed E-state index contributed by atoms with van der Waals surface area (Å²) in [6.45, 7) is 1.28. The molecule has 2 aliphatic heterocycles. The number of carbonyl (C=O) groups is 2. The van der Waals surface area contributed by atoms with Crippen LogP contribution in [0.15, 0.2) is 36.7 Å². The van der Waals surface area contributed by atoms with Crippen molar-refractivity contribution in [1.29, 1.82) is 0 Å². The van der Waals surface area contributed by atoms with Crippen LogP contribution in [0.1, 0.15) is 23.2 Å². The van der Waals surface area contributed by atoms with E-state index in [1.54, 1.807) is 29.1 Å². The summed E-state index contributed by atoms with van der Waals surface area (Å²) in [7, 11) is 1.59. The lowest BCUT2D eigenvalue weighted by atomic mass is 9.92. The van der Waals surface area contributed by atoms with Crippen LogP contribution in [-0.4, -0.2) is 59.2 Å². The Morgan fingerprint density at radius 1 is 1.27 bits per heavy atom. The summed E-state index contributed by atoms with van der Waals surface area (Å²) in [5.74, 6) is 0.587. The zero-order chi connectivity index (χ0) is 18.1. The standard InChI is InChI=1S/C18H19N3O5/c1-24-15-5-3-2-4-14(15)21-11-13(10-19-21)16(22)20-8-6-18(7-9-20)12-25-17(23)26-18/h2-5,10-11H,6-9,12H2,1H3. The molecule has 0 radical (unpaired) electrons. The van der Waals surface area contributed by atoms with Crippen LogP contribution in [0, 0.1) is 0 Å². The Kier molecular flexibility index (Phi) is 4.02. The molecule has 8 nitrogen and oxygen atoms in total. The van der Waals surface area contributed by atoms with Gasteiger partial charge in [0.05, 0.1) is 18.9 Å². The van der Waals surface area contributed by atoms with E-state index in [-0.39, 0.29) is 12.5 Å². The van der Waals surface area contributed by atoms with Gasteiger partial charge in [0.15, 0.2) is 5.60 Å². The molecule has 2 saturated heterocycles. The van der Waals surface area contributed by atoms with Crippen molar-refractivity contribution in [2.24, 2.45) is 0 Å². The second kappa shape index (κ2) is 6.36. The van der Waals surface area contributed by atoms with Gasteiger partial charge in [0.2, 0.25) is 0 Å². The number of rotatable bonds is 3. The minimum atomic E-state index is -0.622. The minimum Gasteiger partial charge on any atom is -0.494 e. The van der Waals surface area contributed by atoms with Crippen molar-refractivity contribution in [3.05, 3.63) is 42.2 Å². The van der Waals surface area contributed by atoms with Crippen molar-refractivity contribution in [2.45, 2.75) is 18.4 Å². The smallest absolute Gasteiger partial charge is 0.494 e. The van der Waals surface area contributed by atoms with Gasteiger partial charge in [0.1, 0.15) is 18.0 Å². The molecule has 0 aliphatic carbocycles. The van der Waals surface area contributed by atoms with E-state index < -0.39 is 11.8 Å². The van der Waals surface area contributed by atoms with Crippen LogP contribution in [0.25, 0.3) is 5.69 Å². The SMILES string of the molecule is COc1ccccc1-n1cc(C(=O)N2CCC3(CC2)COC(=O)O3)cn1. The van der Waals surface area contributed by atoms with Crippen LogP contribution < -0.4 is 4.74 Å². The topological polar surface area (TPSA) is 82.9 Å². The molecule has 1 spiro atoms. The highest BCUT2D eigenvalue weighted by Crippen LogP contribution is 2.32. The fourth-order valence-corrected chi connectivity index (χ4v) is 3.36. The number of ether oxygens (including phenoxy) is 3. The highest BCUT2D eigenvalue weighted by molar-refractivity contribution is 5.94. The van der Waals surface area contributed by atoms with Crippen molar-refractivity contribution < 1.29 is 23.8 Å². The predicted octanol–water partition coefficient (Wildman–Crippen LogP) is 2.02. The number of benzene rings is 1. The fraction of sp³-hybridized carbons (Fsp3) is 0.389. The van der Waals surface area contributed by atoms with Gasteiger partial charge >= 0.3 is 6.16 Å². The van der Waals surface area contributed by atoms with Crippen LogP contribution >= 0.6 is 0 Å². The molecule has 136 valence electrons. The monoisotopic (exact) mass is 357 g/mol. The molecule has 0 atom stereocenters. The number of nitrogens with zero attached hydrogens (tertiary/aromatic N) is 3. The first-order valence-electron chi connectivity index (χ1n) is 8.43. The molecule has 4 rings (SSSR count). The van der Waals surface area contributed by atoms with E-state index >= 15 is 0 Å². The Morgan fingerprint density at radius 3 is 2.73 bits per heavy atom. The van der Waals surface area contributed by atoms with Gasteiger partial charge in [0.25, 0.3) is 5.91 Å². The molecule has 26 heavy (non-hydrogen) atoms. The van der Waals surface area contributed by atoms with Crippen LogP contribution in [0.4, 0.5) is 4.79 Å². The van der Waals surface area contributed by atoms with E-state index in [4.69, 9.17) is 14.2 Å². The molecule has 0 bridgehead atoms. The van der Waals surface area contributed by atoms with Gasteiger partial charge in [-0.1, -0.05) is 12.1 Å². The molecule has 0 unspecified atom stereocenters. The molecular weight excluding hydrogens is 338 g/mol. The van der Waals surface area contributed by atoms with Gasteiger partial charge in [-0.05, 0) is 12.1 Å². The molecule has 2 fully saturated rings. The Labute approximate surface area is 150 Å². The first kappa shape index (κ1) is 16.4. The van der Waals surface area contributed by atoms with Gasteiger partial charge in [-0.3, -0.25) is 4.79 Å². The Morgan fingerprint density at radius 2 is 2.04 bits per heavy atom. The number of methoxy groups -OCH3 is 1. The number of hydrogen-bond acceptors (Lipinski definition) is 6. The van der Waals surface area contributed by atoms with Gasteiger partial charge in [-0.15, -0.1) is 0 Å². The van der Waals surface area contributed by atoms with Gasteiger partial charge in [-0.2, -0.15) is 5.10 Å². The highest BCUT2D eigenvalue weighted by Gasteiger charge is 2.45. The maximum absolute atomic E-state index is 12.8. The van der Waals surface area contributed by atoms with Crippen molar-refractivity contribution in [1.82, 2.24) is 14.7 Å². The first-order chi connectivity index (χ1) is 12.6. The second-order valence-electron chi connectivity index (χ2n) is 6.46. The number of likely N-dealkylation sites (tertiary alicyclic amines) is 1. The number of aromatic nitrogens is 2. The number of carbonyl (C=O) groups excluding carboxylic acids is 2. The summed E-state index contributed by atoms with van der Waals surface area (Å²) in [5.41, 5.74) is 0.698. The average Bonchev–Trinajstić information content (AvgIpc) is 3.29. The highest BCUT2D eigenvalue weighted by atomic mass is 16.8. The molecule has 1 aromatic heterocycles. The van der Waals surface area contributed by atoms with E-state index in [0.717, 1.165) is 5.69 Å². The summed E-state index contributed by atoms with van der Waals surface area (Å²) in [5, 5.41) is 4.29. The summed E-state index contributed by atoms with van der Waals surface area (Å²) >= 11 is 0. The van der Waals surface area contributed by atoms with Crippen molar-refractivity contribution >= 4 is 12.1 Å². The number of cyclic esters (lactones) is 1. The molecule has 3 heterocycles. The molecule has 8 heteroatoms. The predicted molar refractivity (Wildman–Crippen MR) is 90.4 cm³/mol. The molecule has 0 N–H and O–H groups in total. The zero-order valence-electron chi connectivity index (χ0n) is 14.4. The summed E-state index contributed by atoms with van der Waals surface area (Å²) in [4.78, 5) is 25.7. The normalized spacial score (nSPS) is 18.5. The molecular formula is C18H19N3O5. The lowest BCUT2D eigenvalue weighted by molar-refractivity contribution is 0.00281. The quantitative estimate of drug-likeness (QED) is 0.782. The lowest BCUT2D eigenvalue weighted by Crippen LogP contribution is -2.48. The van der Waals surface area contributed by atoms with Crippen LogP contribution in [-0.2, 0) is 9.47 Å². The summed E-state index contributed by atoms with van der Waals surface area (Å²) in [6.07, 6.45) is 3.78. The van der Waals surface area contributed by atoms with Crippen molar-refractivity contribution in [3.63, 3.8) is 0 Å². The Hall–Kier alpha value is -3.03. The van der Waals surface area contributed by atoms with Crippen LogP contribution in [0.3, 0.4) is 0 Å². The molecule has 2 aromatic rings. The molecule has 2 aliphatic rings. The van der Waals surface area contributed by atoms with E-state index in [1.807, 2.05) is 24.3 Å². The van der Waals surface area contributed by atoms with Gasteiger partial charge in [-0.25, -0.2) is 9.48 Å². The van der Waals surface area contributed by atoms with E-state index in [0.29, 0.717) is 37.2 Å². The largest absolute Gasteiger partial charge is 0.509 e. The van der Waals surface area contributed by atoms with E-state index in [1.165, 1.54) is 0 Å². The fourth-order valence-electron chi connectivity index (χ4n) is 3.36. The average molecular weight is 357 g/mol. The number of hydrogen-bond donors (Lipinski definition) is 0. The van der Waals surface area contributed by atoms with Gasteiger partial charge in [0, 0.05) is 32.1 Å². The molecule has 1 amide bonds. The summed E-state index contributed by atoms with van der Waals surface area (Å²) in [6, 6.07) is 7.48. The molecule has 1 aromatic carbocycles. The maximum atomic E-state index is 12.8.